The van der Waals surface area contributed by atoms with Crippen LogP contribution in [0.5, 0.6) is 0 Å². The number of hydrogen-bond donors (Lipinski definition) is 2. The lowest BCUT2D eigenvalue weighted by atomic mass is 10.1. The van der Waals surface area contributed by atoms with Gasteiger partial charge in [0, 0.05) is 17.3 Å². The lowest BCUT2D eigenvalue weighted by Gasteiger charge is -2.06. The first-order valence-corrected chi connectivity index (χ1v) is 7.99. The van der Waals surface area contributed by atoms with Crippen molar-refractivity contribution in [1.29, 1.82) is 0 Å². The highest BCUT2D eigenvalue weighted by molar-refractivity contribution is 6.02. The van der Waals surface area contributed by atoms with Crippen LogP contribution < -0.4 is 10.6 Å². The van der Waals surface area contributed by atoms with Gasteiger partial charge in [-0.15, -0.1) is 0 Å². The Morgan fingerprint density at radius 3 is 2.27 bits per heavy atom. The van der Waals surface area contributed by atoms with E-state index in [4.69, 9.17) is 0 Å². The number of carbonyl (C=O) groups excluding carboxylic acids is 3. The third-order valence-electron chi connectivity index (χ3n) is 3.54. The lowest BCUT2D eigenvalue weighted by molar-refractivity contribution is -0.139. The molecule has 6 nitrogen and oxygen atoms in total. The minimum absolute atomic E-state index is 0.197. The first-order valence-electron chi connectivity index (χ1n) is 7.99. The molecule has 0 unspecified atom stereocenters. The Balaban J connectivity index is 1.89. The Morgan fingerprint density at radius 2 is 1.65 bits per heavy atom. The summed E-state index contributed by atoms with van der Waals surface area (Å²) in [5, 5.41) is 5.16. The molecule has 0 aliphatic carbocycles. The topological polar surface area (TPSA) is 84.5 Å². The van der Waals surface area contributed by atoms with E-state index in [1.165, 1.54) is 13.2 Å². The van der Waals surface area contributed by atoms with Gasteiger partial charge in [-0.05, 0) is 42.8 Å². The first kappa shape index (κ1) is 18.9. The number of benzene rings is 2. The predicted molar refractivity (Wildman–Crippen MR) is 99.6 cm³/mol. The van der Waals surface area contributed by atoms with E-state index in [9.17, 15) is 14.4 Å². The molecule has 0 atom stereocenters. The quantitative estimate of drug-likeness (QED) is 0.618. The van der Waals surface area contributed by atoms with Crippen molar-refractivity contribution in [2.75, 3.05) is 19.0 Å². The molecule has 26 heavy (non-hydrogen) atoms. The number of amides is 2. The second-order valence-corrected chi connectivity index (χ2v) is 5.57. The predicted octanol–water partition coefficient (Wildman–Crippen LogP) is 2.55. The molecule has 134 valence electrons. The van der Waals surface area contributed by atoms with Gasteiger partial charge >= 0.3 is 5.97 Å². The Bertz CT molecular complexity index is 809. The molecule has 0 aliphatic heterocycles. The highest BCUT2D eigenvalue weighted by Crippen LogP contribution is 2.10. The summed E-state index contributed by atoms with van der Waals surface area (Å²) in [7, 11) is 1.25. The fourth-order valence-electron chi connectivity index (χ4n) is 2.07. The third kappa shape index (κ3) is 5.90. The Kier molecular flexibility index (Phi) is 6.68. The monoisotopic (exact) mass is 352 g/mol. The highest BCUT2D eigenvalue weighted by atomic mass is 16.5. The largest absolute Gasteiger partial charge is 0.468 e. The van der Waals surface area contributed by atoms with Gasteiger partial charge in [-0.1, -0.05) is 29.8 Å². The number of methoxy groups -OCH3 is 1. The number of ether oxygens (including phenoxy) is 1. The molecule has 2 aromatic rings. The van der Waals surface area contributed by atoms with E-state index < -0.39 is 11.9 Å². The number of aryl methyl sites for hydroxylation is 1. The Hall–Kier alpha value is -3.41. The van der Waals surface area contributed by atoms with Gasteiger partial charge < -0.3 is 15.4 Å². The molecule has 0 saturated carbocycles. The molecule has 0 aromatic heterocycles. The molecule has 0 radical (unpaired) electrons. The van der Waals surface area contributed by atoms with Crippen LogP contribution in [0.2, 0.25) is 0 Å². The Labute approximate surface area is 151 Å². The summed E-state index contributed by atoms with van der Waals surface area (Å²) in [5.41, 5.74) is 3.03. The van der Waals surface area contributed by atoms with Crippen molar-refractivity contribution in [3.8, 4) is 0 Å². The van der Waals surface area contributed by atoms with Gasteiger partial charge in [0.25, 0.3) is 5.91 Å². The highest BCUT2D eigenvalue weighted by Gasteiger charge is 2.08. The molecular weight excluding hydrogens is 332 g/mol. The lowest BCUT2D eigenvalue weighted by Crippen LogP contribution is -2.30. The van der Waals surface area contributed by atoms with Crippen molar-refractivity contribution in [2.45, 2.75) is 6.92 Å². The second kappa shape index (κ2) is 9.17. The zero-order chi connectivity index (χ0) is 18.9. The maximum atomic E-state index is 12.0. The van der Waals surface area contributed by atoms with Crippen LogP contribution >= 0.6 is 0 Å². The minimum Gasteiger partial charge on any atom is -0.468 e. The van der Waals surface area contributed by atoms with Crippen LogP contribution in [-0.2, 0) is 14.3 Å². The van der Waals surface area contributed by atoms with E-state index in [1.54, 1.807) is 30.3 Å². The van der Waals surface area contributed by atoms with Crippen LogP contribution in [0.25, 0.3) is 6.08 Å². The minimum atomic E-state index is -0.525. The van der Waals surface area contributed by atoms with Crippen LogP contribution in [0, 0.1) is 6.92 Å². The average Bonchev–Trinajstić information content (AvgIpc) is 2.66. The first-order chi connectivity index (χ1) is 12.5. The molecule has 2 aromatic carbocycles. The number of nitrogens with one attached hydrogen (secondary N) is 2. The fraction of sp³-hybridized carbons (Fsp3) is 0.150. The molecule has 6 heteroatoms. The smallest absolute Gasteiger partial charge is 0.325 e. The molecule has 2 N–H and O–H groups in total. The number of carbonyl (C=O) groups is 3. The van der Waals surface area contributed by atoms with E-state index in [2.05, 4.69) is 15.4 Å². The van der Waals surface area contributed by atoms with E-state index in [0.29, 0.717) is 11.3 Å². The summed E-state index contributed by atoms with van der Waals surface area (Å²) < 4.78 is 4.45. The number of anilines is 1. The van der Waals surface area contributed by atoms with Gasteiger partial charge in [-0.3, -0.25) is 14.4 Å². The van der Waals surface area contributed by atoms with Gasteiger partial charge in [-0.2, -0.15) is 0 Å². The van der Waals surface area contributed by atoms with Crippen molar-refractivity contribution in [3.05, 3.63) is 71.3 Å². The van der Waals surface area contributed by atoms with Crippen LogP contribution in [0.3, 0.4) is 0 Å². The van der Waals surface area contributed by atoms with Crippen molar-refractivity contribution in [2.24, 2.45) is 0 Å². The molecular formula is C20H20N2O4. The SMILES string of the molecule is COC(=O)CNC(=O)c1ccc(NC(=O)/C=C/c2ccc(C)cc2)cc1. The summed E-state index contributed by atoms with van der Waals surface area (Å²) in [4.78, 5) is 34.8. The number of hydrogen-bond acceptors (Lipinski definition) is 4. The summed E-state index contributed by atoms with van der Waals surface area (Å²) in [6.07, 6.45) is 3.17. The Morgan fingerprint density at radius 1 is 1.00 bits per heavy atom. The molecule has 2 rings (SSSR count). The van der Waals surface area contributed by atoms with Gasteiger partial charge in [-0.25, -0.2) is 0 Å². The fourth-order valence-corrected chi connectivity index (χ4v) is 2.07. The molecule has 0 aliphatic rings. The standard InChI is InChI=1S/C20H20N2O4/c1-14-3-5-15(6-4-14)7-12-18(23)22-17-10-8-16(9-11-17)20(25)21-13-19(24)26-2/h3-12H,13H2,1-2H3,(H,21,25)(H,22,23)/b12-7+. The van der Waals surface area contributed by atoms with Crippen LogP contribution in [0.15, 0.2) is 54.6 Å². The van der Waals surface area contributed by atoms with Crippen LogP contribution in [0.4, 0.5) is 5.69 Å². The summed E-state index contributed by atoms with van der Waals surface area (Å²) in [5.74, 6) is -1.19. The van der Waals surface area contributed by atoms with Crippen molar-refractivity contribution >= 4 is 29.5 Å². The summed E-state index contributed by atoms with van der Waals surface area (Å²) in [6.45, 7) is 1.80. The van der Waals surface area contributed by atoms with E-state index in [0.717, 1.165) is 11.1 Å². The van der Waals surface area contributed by atoms with Gasteiger partial charge in [0.1, 0.15) is 6.54 Å². The second-order valence-electron chi connectivity index (χ2n) is 5.57. The van der Waals surface area contributed by atoms with Crippen molar-refractivity contribution < 1.29 is 19.1 Å². The molecule has 2 amide bonds. The van der Waals surface area contributed by atoms with Gasteiger partial charge in [0.2, 0.25) is 5.91 Å². The van der Waals surface area contributed by atoms with E-state index in [1.807, 2.05) is 31.2 Å². The van der Waals surface area contributed by atoms with Crippen LogP contribution in [-0.4, -0.2) is 31.4 Å². The molecule has 0 bridgehead atoms. The number of esters is 1. The van der Waals surface area contributed by atoms with Gasteiger partial charge in [0.05, 0.1) is 7.11 Å². The number of rotatable bonds is 6. The van der Waals surface area contributed by atoms with E-state index in [-0.39, 0.29) is 12.5 Å². The molecule has 0 heterocycles. The van der Waals surface area contributed by atoms with E-state index >= 15 is 0 Å². The maximum Gasteiger partial charge on any atom is 0.325 e. The average molecular weight is 352 g/mol. The van der Waals surface area contributed by atoms with Gasteiger partial charge in [0.15, 0.2) is 0 Å². The molecule has 0 fully saturated rings. The third-order valence-corrected chi connectivity index (χ3v) is 3.54. The molecule has 0 spiro atoms. The maximum absolute atomic E-state index is 12.0. The van der Waals surface area contributed by atoms with Crippen molar-refractivity contribution in [3.63, 3.8) is 0 Å². The van der Waals surface area contributed by atoms with Crippen molar-refractivity contribution in [1.82, 2.24) is 5.32 Å². The zero-order valence-electron chi connectivity index (χ0n) is 14.6. The summed E-state index contributed by atoms with van der Waals surface area (Å²) in [6, 6.07) is 14.2. The normalized spacial score (nSPS) is 10.4. The summed E-state index contributed by atoms with van der Waals surface area (Å²) >= 11 is 0. The van der Waals surface area contributed by atoms with Crippen LogP contribution in [0.1, 0.15) is 21.5 Å². The molecule has 0 saturated heterocycles. The zero-order valence-corrected chi connectivity index (χ0v) is 14.6.